The Bertz CT molecular complexity index is 717. The molecule has 0 aliphatic carbocycles. The number of rotatable bonds is 3. The first-order valence-electron chi connectivity index (χ1n) is 8.31. The average molecular weight is 346 g/mol. The van der Waals surface area contributed by atoms with Gasteiger partial charge in [0.1, 0.15) is 12.1 Å². The Kier molecular flexibility index (Phi) is 4.51. The van der Waals surface area contributed by atoms with E-state index in [1.165, 1.54) is 4.90 Å². The van der Waals surface area contributed by atoms with Crippen LogP contribution in [0.4, 0.5) is 11.4 Å². The number of ketones is 1. The van der Waals surface area contributed by atoms with E-state index >= 15 is 0 Å². The maximum Gasteiger partial charge on any atom is 0.326 e. The molecule has 0 bridgehead atoms. The van der Waals surface area contributed by atoms with Crippen molar-refractivity contribution in [2.24, 2.45) is 0 Å². The van der Waals surface area contributed by atoms with E-state index in [4.69, 9.17) is 9.47 Å². The molecular formula is C18H22N2O5. The summed E-state index contributed by atoms with van der Waals surface area (Å²) in [6.45, 7) is 7.75. The van der Waals surface area contributed by atoms with Gasteiger partial charge in [0.2, 0.25) is 0 Å². The Morgan fingerprint density at radius 2 is 1.88 bits per heavy atom. The van der Waals surface area contributed by atoms with Crippen LogP contribution >= 0.6 is 0 Å². The monoisotopic (exact) mass is 346 g/mol. The molecule has 2 aliphatic heterocycles. The molecular weight excluding hydrogens is 324 g/mol. The highest BCUT2D eigenvalue weighted by Crippen LogP contribution is 2.33. The number of carbonyl (C=O) groups is 3. The first-order valence-corrected chi connectivity index (χ1v) is 8.31. The smallest absolute Gasteiger partial charge is 0.326 e. The van der Waals surface area contributed by atoms with Crippen LogP contribution in [0.25, 0.3) is 0 Å². The summed E-state index contributed by atoms with van der Waals surface area (Å²) in [6.07, 6.45) is 0. The third-order valence-electron chi connectivity index (χ3n) is 4.04. The van der Waals surface area contributed by atoms with E-state index in [2.05, 4.69) is 4.90 Å². The lowest BCUT2D eigenvalue weighted by atomic mass is 10.1. The van der Waals surface area contributed by atoms with Gasteiger partial charge in [-0.3, -0.25) is 19.3 Å². The fourth-order valence-electron chi connectivity index (χ4n) is 2.96. The van der Waals surface area contributed by atoms with Gasteiger partial charge < -0.3 is 14.4 Å². The summed E-state index contributed by atoms with van der Waals surface area (Å²) in [4.78, 5) is 39.9. The minimum atomic E-state index is -0.694. The van der Waals surface area contributed by atoms with Gasteiger partial charge in [0.25, 0.3) is 11.7 Å². The third kappa shape index (κ3) is 3.66. The van der Waals surface area contributed by atoms with Crippen molar-refractivity contribution >= 4 is 29.0 Å². The molecule has 2 heterocycles. The number of esters is 1. The number of amides is 1. The molecule has 25 heavy (non-hydrogen) atoms. The molecule has 0 N–H and O–H groups in total. The van der Waals surface area contributed by atoms with Gasteiger partial charge in [-0.05, 0) is 39.0 Å². The number of fused-ring (bicyclic) bond motifs is 1. The Labute approximate surface area is 146 Å². The van der Waals surface area contributed by atoms with Gasteiger partial charge in [0.15, 0.2) is 0 Å². The second kappa shape index (κ2) is 6.48. The molecule has 1 saturated heterocycles. The van der Waals surface area contributed by atoms with Gasteiger partial charge >= 0.3 is 5.97 Å². The van der Waals surface area contributed by atoms with Gasteiger partial charge in [-0.25, -0.2) is 0 Å². The first kappa shape index (κ1) is 17.4. The second-order valence-corrected chi connectivity index (χ2v) is 7.11. The van der Waals surface area contributed by atoms with Crippen LogP contribution in [0.3, 0.4) is 0 Å². The van der Waals surface area contributed by atoms with Crippen LogP contribution < -0.4 is 9.80 Å². The molecule has 1 aromatic carbocycles. The zero-order chi connectivity index (χ0) is 18.2. The molecule has 134 valence electrons. The van der Waals surface area contributed by atoms with Crippen LogP contribution in [-0.4, -0.2) is 56.1 Å². The summed E-state index contributed by atoms with van der Waals surface area (Å²) >= 11 is 0. The van der Waals surface area contributed by atoms with Gasteiger partial charge in [-0.1, -0.05) is 0 Å². The number of ether oxygens (including phenoxy) is 2. The number of carbonyl (C=O) groups excluding carboxylic acids is 3. The van der Waals surface area contributed by atoms with Crippen LogP contribution in [0, 0.1) is 0 Å². The van der Waals surface area contributed by atoms with Crippen molar-refractivity contribution < 1.29 is 23.9 Å². The molecule has 7 nitrogen and oxygen atoms in total. The van der Waals surface area contributed by atoms with Crippen LogP contribution in [0.5, 0.6) is 0 Å². The average Bonchev–Trinajstić information content (AvgIpc) is 2.78. The molecule has 0 atom stereocenters. The summed E-state index contributed by atoms with van der Waals surface area (Å²) in [5, 5.41) is 0. The van der Waals surface area contributed by atoms with Crippen molar-refractivity contribution in [1.82, 2.24) is 0 Å². The number of nitrogens with zero attached hydrogens (tertiary/aromatic N) is 2. The predicted octanol–water partition coefficient (Wildman–Crippen LogP) is 1.39. The van der Waals surface area contributed by atoms with E-state index in [1.807, 2.05) is 6.07 Å². The van der Waals surface area contributed by atoms with Gasteiger partial charge in [0, 0.05) is 18.8 Å². The second-order valence-electron chi connectivity index (χ2n) is 7.11. The van der Waals surface area contributed by atoms with Crippen LogP contribution in [0.2, 0.25) is 0 Å². The van der Waals surface area contributed by atoms with Crippen molar-refractivity contribution in [3.8, 4) is 0 Å². The number of benzene rings is 1. The summed E-state index contributed by atoms with van der Waals surface area (Å²) in [7, 11) is 0. The molecule has 3 rings (SSSR count). The molecule has 2 aliphatic rings. The highest BCUT2D eigenvalue weighted by molar-refractivity contribution is 6.52. The predicted molar refractivity (Wildman–Crippen MR) is 92.0 cm³/mol. The highest BCUT2D eigenvalue weighted by Gasteiger charge is 2.38. The van der Waals surface area contributed by atoms with Crippen molar-refractivity contribution in [3.63, 3.8) is 0 Å². The SMILES string of the molecule is CC(C)(C)OC(=O)CN1C(=O)C(=O)c2ccc(N3CCOCC3)cc21. The molecule has 1 amide bonds. The fraction of sp³-hybridized carbons (Fsp3) is 0.500. The molecule has 0 aromatic heterocycles. The number of hydrogen-bond acceptors (Lipinski definition) is 6. The van der Waals surface area contributed by atoms with Crippen LogP contribution in [0.15, 0.2) is 18.2 Å². The fourth-order valence-corrected chi connectivity index (χ4v) is 2.96. The normalized spacial score (nSPS) is 17.7. The Balaban J connectivity index is 1.85. The lowest BCUT2D eigenvalue weighted by molar-refractivity contribution is -0.153. The molecule has 0 radical (unpaired) electrons. The van der Waals surface area contributed by atoms with Crippen molar-refractivity contribution in [3.05, 3.63) is 23.8 Å². The number of morpholine rings is 1. The molecule has 0 saturated carbocycles. The first-order chi connectivity index (χ1) is 11.8. The topological polar surface area (TPSA) is 76.2 Å². The van der Waals surface area contributed by atoms with Crippen molar-refractivity contribution in [1.29, 1.82) is 0 Å². The van der Waals surface area contributed by atoms with Crippen molar-refractivity contribution in [2.45, 2.75) is 26.4 Å². The van der Waals surface area contributed by atoms with Gasteiger partial charge in [-0.15, -0.1) is 0 Å². The van der Waals surface area contributed by atoms with E-state index in [1.54, 1.807) is 32.9 Å². The van der Waals surface area contributed by atoms with Crippen LogP contribution in [0.1, 0.15) is 31.1 Å². The maximum absolute atomic E-state index is 12.3. The highest BCUT2D eigenvalue weighted by atomic mass is 16.6. The molecule has 0 unspecified atom stereocenters. The summed E-state index contributed by atoms with van der Waals surface area (Å²) in [5.74, 6) is -1.83. The molecule has 1 aromatic rings. The largest absolute Gasteiger partial charge is 0.459 e. The van der Waals surface area contributed by atoms with E-state index in [-0.39, 0.29) is 6.54 Å². The van der Waals surface area contributed by atoms with Crippen molar-refractivity contribution in [2.75, 3.05) is 42.6 Å². The molecule has 0 spiro atoms. The lowest BCUT2D eigenvalue weighted by Crippen LogP contribution is -2.38. The van der Waals surface area contributed by atoms with Crippen LogP contribution in [-0.2, 0) is 19.1 Å². The number of anilines is 2. The minimum absolute atomic E-state index is 0.276. The van der Waals surface area contributed by atoms with E-state index in [9.17, 15) is 14.4 Å². The van der Waals surface area contributed by atoms with E-state index in [0.29, 0.717) is 24.5 Å². The number of hydrogen-bond donors (Lipinski definition) is 0. The summed E-state index contributed by atoms with van der Waals surface area (Å²) < 4.78 is 10.6. The lowest BCUT2D eigenvalue weighted by Gasteiger charge is -2.29. The third-order valence-corrected chi connectivity index (χ3v) is 4.04. The number of Topliss-reactive ketones (excluding diaryl/α,β-unsaturated/α-hetero) is 1. The van der Waals surface area contributed by atoms with E-state index in [0.717, 1.165) is 18.8 Å². The quantitative estimate of drug-likeness (QED) is 0.608. The Morgan fingerprint density at radius 3 is 2.52 bits per heavy atom. The zero-order valence-electron chi connectivity index (χ0n) is 14.7. The van der Waals surface area contributed by atoms with Gasteiger partial charge in [0.05, 0.1) is 24.5 Å². The molecule has 7 heteroatoms. The Morgan fingerprint density at radius 1 is 1.20 bits per heavy atom. The maximum atomic E-state index is 12.3. The summed E-state index contributed by atoms with van der Waals surface area (Å²) in [5.41, 5.74) is 1.04. The minimum Gasteiger partial charge on any atom is -0.459 e. The summed E-state index contributed by atoms with van der Waals surface area (Å²) in [6, 6.07) is 5.26. The zero-order valence-corrected chi connectivity index (χ0v) is 14.7. The standard InChI is InChI=1S/C18H22N2O5/c1-18(2,3)25-15(21)11-20-14-10-12(19-6-8-24-9-7-19)4-5-13(14)16(22)17(20)23/h4-5,10H,6-9,11H2,1-3H3. The Hall–Kier alpha value is -2.41. The van der Waals surface area contributed by atoms with Gasteiger partial charge in [-0.2, -0.15) is 0 Å². The van der Waals surface area contributed by atoms with E-state index < -0.39 is 23.3 Å². The molecule has 1 fully saturated rings.